The van der Waals surface area contributed by atoms with Gasteiger partial charge in [-0.2, -0.15) is 0 Å². The van der Waals surface area contributed by atoms with Crippen molar-refractivity contribution in [3.8, 4) is 11.5 Å². The van der Waals surface area contributed by atoms with E-state index < -0.39 is 5.79 Å². The Balaban J connectivity index is 2.27. The van der Waals surface area contributed by atoms with E-state index in [0.717, 1.165) is 36.3 Å². The topological polar surface area (TPSA) is 36.9 Å². The summed E-state index contributed by atoms with van der Waals surface area (Å²) >= 11 is 0. The number of hydrogen-bond donors (Lipinski definition) is 0. The molecule has 0 unspecified atom stereocenters. The van der Waals surface area contributed by atoms with Crippen LogP contribution in [0.5, 0.6) is 11.5 Å². The molecule has 0 spiro atoms. The summed E-state index contributed by atoms with van der Waals surface area (Å²) in [6.07, 6.45) is 2.80. The molecule has 112 valence electrons. The lowest BCUT2D eigenvalue weighted by atomic mass is 10.0. The number of benzene rings is 1. The standard InChI is InChI=1S/C16H24O4/c1-4-8-16(19-10-11-20-16)13-6-7-14(18-9-5-2)15(12-13)17-3/h6-7,12H,4-5,8-11H2,1-3H3. The lowest BCUT2D eigenvalue weighted by Gasteiger charge is -2.28. The summed E-state index contributed by atoms with van der Waals surface area (Å²) in [5, 5.41) is 0. The van der Waals surface area contributed by atoms with Gasteiger partial charge in [0.2, 0.25) is 0 Å². The van der Waals surface area contributed by atoms with Gasteiger partial charge in [0.25, 0.3) is 0 Å². The first-order valence-electron chi connectivity index (χ1n) is 7.35. The van der Waals surface area contributed by atoms with E-state index in [2.05, 4.69) is 13.8 Å². The van der Waals surface area contributed by atoms with Gasteiger partial charge in [-0.05, 0) is 24.6 Å². The van der Waals surface area contributed by atoms with Crippen LogP contribution in [0.4, 0.5) is 0 Å². The highest BCUT2D eigenvalue weighted by molar-refractivity contribution is 5.44. The fourth-order valence-corrected chi connectivity index (χ4v) is 2.47. The molecule has 1 saturated heterocycles. The van der Waals surface area contributed by atoms with Crippen LogP contribution in [0.2, 0.25) is 0 Å². The van der Waals surface area contributed by atoms with Gasteiger partial charge in [-0.25, -0.2) is 0 Å². The van der Waals surface area contributed by atoms with Crippen LogP contribution in [-0.2, 0) is 15.3 Å². The third-order valence-electron chi connectivity index (χ3n) is 3.40. The van der Waals surface area contributed by atoms with E-state index in [1.54, 1.807) is 7.11 Å². The highest BCUT2D eigenvalue weighted by Gasteiger charge is 2.38. The van der Waals surface area contributed by atoms with Gasteiger partial charge in [-0.15, -0.1) is 0 Å². The minimum atomic E-state index is -0.620. The lowest BCUT2D eigenvalue weighted by molar-refractivity contribution is -0.171. The van der Waals surface area contributed by atoms with Gasteiger partial charge in [-0.1, -0.05) is 20.3 Å². The van der Waals surface area contributed by atoms with Crippen LogP contribution >= 0.6 is 0 Å². The van der Waals surface area contributed by atoms with E-state index in [4.69, 9.17) is 18.9 Å². The van der Waals surface area contributed by atoms with E-state index in [0.29, 0.717) is 19.8 Å². The third kappa shape index (κ3) is 3.07. The zero-order chi connectivity index (χ0) is 14.4. The molecule has 2 rings (SSSR count). The van der Waals surface area contributed by atoms with E-state index in [9.17, 15) is 0 Å². The second kappa shape index (κ2) is 6.95. The Morgan fingerprint density at radius 1 is 1.10 bits per heavy atom. The monoisotopic (exact) mass is 280 g/mol. The van der Waals surface area contributed by atoms with Crippen molar-refractivity contribution in [3.63, 3.8) is 0 Å². The summed E-state index contributed by atoms with van der Waals surface area (Å²) in [7, 11) is 1.65. The highest BCUT2D eigenvalue weighted by atomic mass is 16.7. The van der Waals surface area contributed by atoms with Crippen LogP contribution in [-0.4, -0.2) is 26.9 Å². The fourth-order valence-electron chi connectivity index (χ4n) is 2.47. The Labute approximate surface area is 121 Å². The lowest BCUT2D eigenvalue weighted by Crippen LogP contribution is -2.26. The van der Waals surface area contributed by atoms with Crippen molar-refractivity contribution >= 4 is 0 Å². The van der Waals surface area contributed by atoms with Crippen LogP contribution in [0.25, 0.3) is 0 Å². The first-order chi connectivity index (χ1) is 9.75. The van der Waals surface area contributed by atoms with Gasteiger partial charge >= 0.3 is 0 Å². The van der Waals surface area contributed by atoms with Gasteiger partial charge in [0.15, 0.2) is 17.3 Å². The first kappa shape index (κ1) is 15.1. The molecule has 0 radical (unpaired) electrons. The highest BCUT2D eigenvalue weighted by Crippen LogP contribution is 2.39. The summed E-state index contributed by atoms with van der Waals surface area (Å²) in [4.78, 5) is 0. The van der Waals surface area contributed by atoms with Gasteiger partial charge in [0, 0.05) is 12.0 Å². The molecule has 0 atom stereocenters. The second-order valence-electron chi connectivity index (χ2n) is 4.91. The maximum absolute atomic E-state index is 5.87. The molecule has 0 amide bonds. The number of ether oxygens (including phenoxy) is 4. The quantitative estimate of drug-likeness (QED) is 0.766. The molecule has 1 aromatic rings. The zero-order valence-corrected chi connectivity index (χ0v) is 12.6. The predicted molar refractivity (Wildman–Crippen MR) is 77.3 cm³/mol. The van der Waals surface area contributed by atoms with Crippen LogP contribution in [0.3, 0.4) is 0 Å². The number of methoxy groups -OCH3 is 1. The molecule has 0 aromatic heterocycles. The molecule has 1 heterocycles. The van der Waals surface area contributed by atoms with Crippen molar-refractivity contribution in [3.05, 3.63) is 23.8 Å². The van der Waals surface area contributed by atoms with Gasteiger partial charge in [0.05, 0.1) is 26.9 Å². The molecule has 0 saturated carbocycles. The van der Waals surface area contributed by atoms with Crippen LogP contribution in [0, 0.1) is 0 Å². The van der Waals surface area contributed by atoms with Crippen molar-refractivity contribution in [2.24, 2.45) is 0 Å². The molecule has 4 nitrogen and oxygen atoms in total. The van der Waals surface area contributed by atoms with Gasteiger partial charge < -0.3 is 18.9 Å². The maximum Gasteiger partial charge on any atom is 0.195 e. The van der Waals surface area contributed by atoms with E-state index in [-0.39, 0.29) is 0 Å². The molecular weight excluding hydrogens is 256 g/mol. The number of rotatable bonds is 7. The van der Waals surface area contributed by atoms with Gasteiger partial charge in [-0.3, -0.25) is 0 Å². The van der Waals surface area contributed by atoms with E-state index in [1.807, 2.05) is 18.2 Å². The molecule has 1 aliphatic heterocycles. The van der Waals surface area contributed by atoms with Crippen molar-refractivity contribution < 1.29 is 18.9 Å². The Morgan fingerprint density at radius 2 is 1.85 bits per heavy atom. The van der Waals surface area contributed by atoms with Crippen LogP contribution in [0.15, 0.2) is 18.2 Å². The summed E-state index contributed by atoms with van der Waals surface area (Å²) in [6.45, 7) is 6.16. The first-order valence-corrected chi connectivity index (χ1v) is 7.35. The molecule has 0 bridgehead atoms. The average Bonchev–Trinajstić information content (AvgIpc) is 2.95. The summed E-state index contributed by atoms with van der Waals surface area (Å²) in [5.74, 6) is 0.874. The fraction of sp³-hybridized carbons (Fsp3) is 0.625. The van der Waals surface area contributed by atoms with Crippen LogP contribution in [0.1, 0.15) is 38.7 Å². The molecule has 4 heteroatoms. The zero-order valence-electron chi connectivity index (χ0n) is 12.6. The Kier molecular flexibility index (Phi) is 5.26. The smallest absolute Gasteiger partial charge is 0.195 e. The molecule has 0 aliphatic carbocycles. The van der Waals surface area contributed by atoms with Gasteiger partial charge in [0.1, 0.15) is 0 Å². The average molecular weight is 280 g/mol. The van der Waals surface area contributed by atoms with E-state index >= 15 is 0 Å². The molecule has 20 heavy (non-hydrogen) atoms. The summed E-state index contributed by atoms with van der Waals surface area (Å²) in [5.41, 5.74) is 0.998. The minimum Gasteiger partial charge on any atom is -0.493 e. The second-order valence-corrected chi connectivity index (χ2v) is 4.91. The van der Waals surface area contributed by atoms with Crippen molar-refractivity contribution in [2.45, 2.75) is 38.9 Å². The predicted octanol–water partition coefficient (Wildman–Crippen LogP) is 3.48. The number of hydrogen-bond acceptors (Lipinski definition) is 4. The molecule has 1 fully saturated rings. The third-order valence-corrected chi connectivity index (χ3v) is 3.40. The van der Waals surface area contributed by atoms with Crippen molar-refractivity contribution in [1.82, 2.24) is 0 Å². The molecular formula is C16H24O4. The minimum absolute atomic E-state index is 0.620. The van der Waals surface area contributed by atoms with Crippen LogP contribution < -0.4 is 9.47 Å². The molecule has 0 N–H and O–H groups in total. The van der Waals surface area contributed by atoms with Crippen molar-refractivity contribution in [1.29, 1.82) is 0 Å². The summed E-state index contributed by atoms with van der Waals surface area (Å²) < 4.78 is 22.8. The molecule has 1 aromatic carbocycles. The Bertz CT molecular complexity index is 424. The largest absolute Gasteiger partial charge is 0.493 e. The SMILES string of the molecule is CCCOc1ccc(C2(CCC)OCCO2)cc1OC. The Hall–Kier alpha value is -1.26. The summed E-state index contributed by atoms with van der Waals surface area (Å²) in [6, 6.07) is 5.91. The van der Waals surface area contributed by atoms with Crippen molar-refractivity contribution in [2.75, 3.05) is 26.9 Å². The maximum atomic E-state index is 5.87. The Morgan fingerprint density at radius 3 is 2.45 bits per heavy atom. The molecule has 1 aliphatic rings. The van der Waals surface area contributed by atoms with E-state index in [1.165, 1.54) is 0 Å². The normalized spacial score (nSPS) is 17.1.